The molecule has 0 aliphatic carbocycles. The molecule has 0 saturated heterocycles. The Balaban J connectivity index is 1.80. The molecule has 0 bridgehead atoms. The van der Waals surface area contributed by atoms with Crippen molar-refractivity contribution in [3.63, 3.8) is 0 Å². The number of nitrogens with one attached hydrogen (secondary N) is 1. The molecule has 0 unspecified atom stereocenters. The van der Waals surface area contributed by atoms with Gasteiger partial charge < -0.3 is 10.1 Å². The van der Waals surface area contributed by atoms with Gasteiger partial charge in [-0.25, -0.2) is 4.39 Å². The average Bonchev–Trinajstić information content (AvgIpc) is 3.00. The number of hydrogen-bond donors (Lipinski definition) is 1. The van der Waals surface area contributed by atoms with Crippen LogP contribution in [0.3, 0.4) is 0 Å². The van der Waals surface area contributed by atoms with Crippen LogP contribution >= 0.6 is 11.3 Å². The number of methoxy groups -OCH3 is 1. The number of rotatable bonds is 5. The van der Waals surface area contributed by atoms with E-state index >= 15 is 0 Å². The standard InChI is InChI=1S/C19H15F4NO2S/c1-26-10-13-16-14(20)3-2-4-15(16)27-17(13)18(25)24-9-11-5-7-12(8-6-11)19(21,22)23/h2-8H,9-10H2,1H3,(H,24,25). The summed E-state index contributed by atoms with van der Waals surface area (Å²) >= 11 is 1.15. The third-order valence-corrected chi connectivity index (χ3v) is 5.19. The zero-order valence-electron chi connectivity index (χ0n) is 14.2. The Morgan fingerprint density at radius 2 is 1.85 bits per heavy atom. The molecule has 0 fully saturated rings. The van der Waals surface area contributed by atoms with Crippen molar-refractivity contribution in [2.24, 2.45) is 0 Å². The maximum absolute atomic E-state index is 14.2. The fraction of sp³-hybridized carbons (Fsp3) is 0.211. The van der Waals surface area contributed by atoms with E-state index in [4.69, 9.17) is 4.74 Å². The van der Waals surface area contributed by atoms with Gasteiger partial charge in [0.25, 0.3) is 5.91 Å². The quantitative estimate of drug-likeness (QED) is 0.606. The maximum atomic E-state index is 14.2. The minimum absolute atomic E-state index is 0.0557. The number of amides is 1. The van der Waals surface area contributed by atoms with Crippen LogP contribution in [0.4, 0.5) is 17.6 Å². The maximum Gasteiger partial charge on any atom is 0.416 e. The smallest absolute Gasteiger partial charge is 0.380 e. The summed E-state index contributed by atoms with van der Waals surface area (Å²) < 4.78 is 57.7. The number of benzene rings is 2. The van der Waals surface area contributed by atoms with Crippen molar-refractivity contribution in [3.8, 4) is 0 Å². The molecule has 0 atom stereocenters. The molecule has 1 N–H and O–H groups in total. The van der Waals surface area contributed by atoms with Gasteiger partial charge in [-0.05, 0) is 29.8 Å². The zero-order chi connectivity index (χ0) is 19.6. The number of fused-ring (bicyclic) bond motifs is 1. The number of hydrogen-bond acceptors (Lipinski definition) is 3. The number of carbonyl (C=O) groups is 1. The molecule has 3 aromatic rings. The van der Waals surface area contributed by atoms with Gasteiger partial charge in [0.05, 0.1) is 17.0 Å². The lowest BCUT2D eigenvalue weighted by molar-refractivity contribution is -0.137. The van der Waals surface area contributed by atoms with E-state index < -0.39 is 23.5 Å². The van der Waals surface area contributed by atoms with E-state index in [1.54, 1.807) is 12.1 Å². The van der Waals surface area contributed by atoms with E-state index in [1.807, 2.05) is 0 Å². The zero-order valence-corrected chi connectivity index (χ0v) is 15.0. The second kappa shape index (κ2) is 7.66. The second-order valence-corrected chi connectivity index (χ2v) is 6.89. The number of alkyl halides is 3. The van der Waals surface area contributed by atoms with Crippen LogP contribution in [0.5, 0.6) is 0 Å². The van der Waals surface area contributed by atoms with Crippen molar-refractivity contribution in [2.45, 2.75) is 19.3 Å². The Bertz CT molecular complexity index is 964. The Kier molecular flexibility index (Phi) is 5.48. The summed E-state index contributed by atoms with van der Waals surface area (Å²) in [6.07, 6.45) is -4.40. The van der Waals surface area contributed by atoms with Crippen molar-refractivity contribution >= 4 is 27.3 Å². The minimum Gasteiger partial charge on any atom is -0.380 e. The molecule has 0 radical (unpaired) electrons. The number of carbonyl (C=O) groups excluding carboxylic acids is 1. The summed E-state index contributed by atoms with van der Waals surface area (Å²) in [6, 6.07) is 9.15. The number of thiophene rings is 1. The van der Waals surface area contributed by atoms with Gasteiger partial charge in [-0.15, -0.1) is 11.3 Å². The first kappa shape index (κ1) is 19.3. The molecule has 0 spiro atoms. The van der Waals surface area contributed by atoms with E-state index in [0.717, 1.165) is 23.5 Å². The lowest BCUT2D eigenvalue weighted by Gasteiger charge is -2.09. The molecular formula is C19H15F4NO2S. The van der Waals surface area contributed by atoms with Gasteiger partial charge in [-0.3, -0.25) is 4.79 Å². The largest absolute Gasteiger partial charge is 0.416 e. The molecule has 142 valence electrons. The first-order valence-corrected chi connectivity index (χ1v) is 8.76. The highest BCUT2D eigenvalue weighted by Gasteiger charge is 2.30. The Labute approximate surface area is 156 Å². The van der Waals surface area contributed by atoms with Gasteiger partial charge in [0.2, 0.25) is 0 Å². The van der Waals surface area contributed by atoms with E-state index in [1.165, 1.54) is 25.3 Å². The van der Waals surface area contributed by atoms with Crippen LogP contribution in [0, 0.1) is 5.82 Å². The first-order valence-electron chi connectivity index (χ1n) is 7.94. The summed E-state index contributed by atoms with van der Waals surface area (Å²) in [7, 11) is 1.45. The summed E-state index contributed by atoms with van der Waals surface area (Å²) in [5.41, 5.74) is 0.234. The fourth-order valence-corrected chi connectivity index (χ4v) is 3.85. The van der Waals surface area contributed by atoms with Crippen molar-refractivity contribution in [1.29, 1.82) is 0 Å². The number of halogens is 4. The predicted molar refractivity (Wildman–Crippen MR) is 95.1 cm³/mol. The van der Waals surface area contributed by atoms with Gasteiger partial charge in [-0.1, -0.05) is 18.2 Å². The van der Waals surface area contributed by atoms with Crippen LogP contribution in [-0.2, 0) is 24.1 Å². The second-order valence-electron chi connectivity index (χ2n) is 5.83. The van der Waals surface area contributed by atoms with Crippen LogP contribution in [-0.4, -0.2) is 13.0 Å². The molecular weight excluding hydrogens is 382 g/mol. The Morgan fingerprint density at radius 1 is 1.15 bits per heavy atom. The van der Waals surface area contributed by atoms with E-state index in [0.29, 0.717) is 26.1 Å². The van der Waals surface area contributed by atoms with Crippen molar-refractivity contribution in [3.05, 3.63) is 69.8 Å². The van der Waals surface area contributed by atoms with E-state index in [2.05, 4.69) is 5.32 Å². The van der Waals surface area contributed by atoms with Crippen LogP contribution < -0.4 is 5.32 Å². The number of ether oxygens (including phenoxy) is 1. The molecule has 1 amide bonds. The molecule has 3 nitrogen and oxygen atoms in total. The summed E-state index contributed by atoms with van der Waals surface area (Å²) in [5, 5.41) is 3.02. The molecule has 27 heavy (non-hydrogen) atoms. The fourth-order valence-electron chi connectivity index (χ4n) is 2.71. The lowest BCUT2D eigenvalue weighted by atomic mass is 10.1. The monoisotopic (exact) mass is 397 g/mol. The third kappa shape index (κ3) is 4.12. The Hall–Kier alpha value is -2.45. The highest BCUT2D eigenvalue weighted by Crippen LogP contribution is 2.34. The van der Waals surface area contributed by atoms with Crippen LogP contribution in [0.1, 0.15) is 26.4 Å². The normalized spacial score (nSPS) is 11.7. The first-order chi connectivity index (χ1) is 12.8. The molecule has 0 aliphatic heterocycles. The molecule has 2 aromatic carbocycles. The lowest BCUT2D eigenvalue weighted by Crippen LogP contribution is -2.23. The van der Waals surface area contributed by atoms with Gasteiger partial charge in [0.1, 0.15) is 5.82 Å². The van der Waals surface area contributed by atoms with E-state index in [9.17, 15) is 22.4 Å². The topological polar surface area (TPSA) is 38.3 Å². The third-order valence-electron chi connectivity index (χ3n) is 3.99. The van der Waals surface area contributed by atoms with Crippen LogP contribution in [0.25, 0.3) is 10.1 Å². The average molecular weight is 397 g/mol. The van der Waals surface area contributed by atoms with Gasteiger partial charge in [0.15, 0.2) is 0 Å². The predicted octanol–water partition coefficient (Wildman–Crippen LogP) is 5.14. The molecule has 1 aromatic heterocycles. The van der Waals surface area contributed by atoms with Gasteiger partial charge >= 0.3 is 6.18 Å². The minimum atomic E-state index is -4.40. The van der Waals surface area contributed by atoms with E-state index in [-0.39, 0.29) is 13.2 Å². The highest BCUT2D eigenvalue weighted by molar-refractivity contribution is 7.21. The van der Waals surface area contributed by atoms with Gasteiger partial charge in [-0.2, -0.15) is 13.2 Å². The van der Waals surface area contributed by atoms with Crippen molar-refractivity contribution < 1.29 is 27.1 Å². The highest BCUT2D eigenvalue weighted by atomic mass is 32.1. The SMILES string of the molecule is COCc1c(C(=O)NCc2ccc(C(F)(F)F)cc2)sc2cccc(F)c12. The molecule has 8 heteroatoms. The molecule has 0 aliphatic rings. The molecule has 3 rings (SSSR count). The van der Waals surface area contributed by atoms with Gasteiger partial charge in [0, 0.05) is 29.3 Å². The van der Waals surface area contributed by atoms with Crippen molar-refractivity contribution in [2.75, 3.05) is 7.11 Å². The summed E-state index contributed by atoms with van der Waals surface area (Å²) in [6.45, 7) is 0.129. The molecule has 0 saturated carbocycles. The summed E-state index contributed by atoms with van der Waals surface area (Å²) in [4.78, 5) is 12.9. The van der Waals surface area contributed by atoms with Crippen LogP contribution in [0.15, 0.2) is 42.5 Å². The molecule has 1 heterocycles. The Morgan fingerprint density at radius 3 is 2.48 bits per heavy atom. The van der Waals surface area contributed by atoms with Crippen LogP contribution in [0.2, 0.25) is 0 Å². The van der Waals surface area contributed by atoms with Crippen molar-refractivity contribution in [1.82, 2.24) is 5.32 Å². The summed E-state index contributed by atoms with van der Waals surface area (Å²) in [5.74, 6) is -0.861.